The fraction of sp³-hybridized carbons (Fsp3) is 0.684. The molecule has 0 spiro atoms. The summed E-state index contributed by atoms with van der Waals surface area (Å²) in [7, 11) is 4.05. The minimum absolute atomic E-state index is 0. The molecule has 0 aromatic carbocycles. The van der Waals surface area contributed by atoms with Gasteiger partial charge in [-0.05, 0) is 37.4 Å². The minimum Gasteiger partial charge on any atom is -0.354 e. The lowest BCUT2D eigenvalue weighted by molar-refractivity contribution is 0.266. The van der Waals surface area contributed by atoms with Gasteiger partial charge in [0.1, 0.15) is 5.82 Å². The van der Waals surface area contributed by atoms with E-state index in [1.165, 1.54) is 18.4 Å². The van der Waals surface area contributed by atoms with Crippen molar-refractivity contribution in [3.05, 3.63) is 23.9 Å². The molecule has 26 heavy (non-hydrogen) atoms. The first-order chi connectivity index (χ1) is 12.2. The molecule has 1 atom stereocenters. The first-order valence-electron chi connectivity index (χ1n) is 9.49. The van der Waals surface area contributed by atoms with E-state index in [2.05, 4.69) is 56.1 Å². The summed E-state index contributed by atoms with van der Waals surface area (Å²) in [5, 5.41) is 3.50. The zero-order valence-corrected chi connectivity index (χ0v) is 18.6. The van der Waals surface area contributed by atoms with Crippen LogP contribution in [0.3, 0.4) is 0 Å². The molecular formula is C19H33IN6. The fourth-order valence-corrected chi connectivity index (χ4v) is 3.64. The van der Waals surface area contributed by atoms with Crippen LogP contribution in [0.1, 0.15) is 25.3 Å². The smallest absolute Gasteiger partial charge is 0.193 e. The Kier molecular flexibility index (Phi) is 8.40. The number of aliphatic imine (C=N–C) groups is 1. The topological polar surface area (TPSA) is 47.0 Å². The van der Waals surface area contributed by atoms with Crippen molar-refractivity contribution in [3.63, 3.8) is 0 Å². The molecule has 2 saturated heterocycles. The number of halogens is 1. The van der Waals surface area contributed by atoms with Gasteiger partial charge in [0.05, 0.1) is 0 Å². The number of likely N-dealkylation sites (N-methyl/N-ethyl adjacent to an activating group) is 1. The standard InChI is InChI=1S/C19H32N6.HI/c1-16-5-4-8-25(15-16)19(20-2)22-14-17-6-7-18(21-13-17)24-11-9-23(3)10-12-24;/h6-7,13,16H,4-5,8-12,14-15H2,1-3H3,(H,20,22);1H. The van der Waals surface area contributed by atoms with Gasteiger partial charge in [0, 0.05) is 59.1 Å². The van der Waals surface area contributed by atoms with Crippen LogP contribution in [0.4, 0.5) is 5.82 Å². The van der Waals surface area contributed by atoms with Crippen LogP contribution >= 0.6 is 24.0 Å². The highest BCUT2D eigenvalue weighted by Gasteiger charge is 2.19. The van der Waals surface area contributed by atoms with Crippen LogP contribution in [0.5, 0.6) is 0 Å². The van der Waals surface area contributed by atoms with Crippen molar-refractivity contribution in [1.29, 1.82) is 0 Å². The lowest BCUT2D eigenvalue weighted by Crippen LogP contribution is -2.46. The number of nitrogens with zero attached hydrogens (tertiary/aromatic N) is 5. The molecule has 1 unspecified atom stereocenters. The van der Waals surface area contributed by atoms with Crippen LogP contribution < -0.4 is 10.2 Å². The lowest BCUT2D eigenvalue weighted by atomic mass is 10.0. The van der Waals surface area contributed by atoms with E-state index < -0.39 is 0 Å². The molecule has 6 nitrogen and oxygen atoms in total. The molecule has 0 radical (unpaired) electrons. The summed E-state index contributed by atoms with van der Waals surface area (Å²) in [6.45, 7) is 9.62. The highest BCUT2D eigenvalue weighted by Crippen LogP contribution is 2.16. The maximum Gasteiger partial charge on any atom is 0.193 e. The summed E-state index contributed by atoms with van der Waals surface area (Å²) >= 11 is 0. The number of anilines is 1. The number of guanidine groups is 1. The van der Waals surface area contributed by atoms with Crippen LogP contribution in [0.25, 0.3) is 0 Å². The number of piperidine rings is 1. The second-order valence-corrected chi connectivity index (χ2v) is 7.41. The number of piperazine rings is 1. The quantitative estimate of drug-likeness (QED) is 0.416. The van der Waals surface area contributed by atoms with Gasteiger partial charge in [0.25, 0.3) is 0 Å². The maximum absolute atomic E-state index is 4.67. The molecule has 0 saturated carbocycles. The molecule has 0 aliphatic carbocycles. The van der Waals surface area contributed by atoms with Gasteiger partial charge in [-0.15, -0.1) is 24.0 Å². The molecule has 1 aromatic heterocycles. The summed E-state index contributed by atoms with van der Waals surface area (Å²) < 4.78 is 0. The van der Waals surface area contributed by atoms with Gasteiger partial charge in [0.2, 0.25) is 0 Å². The number of nitrogens with one attached hydrogen (secondary N) is 1. The molecule has 3 heterocycles. The summed E-state index contributed by atoms with van der Waals surface area (Å²) in [6, 6.07) is 4.33. The third kappa shape index (κ3) is 5.70. The zero-order valence-electron chi connectivity index (χ0n) is 16.3. The van der Waals surface area contributed by atoms with Gasteiger partial charge < -0.3 is 20.0 Å². The Morgan fingerprint density at radius 3 is 2.62 bits per heavy atom. The van der Waals surface area contributed by atoms with Gasteiger partial charge >= 0.3 is 0 Å². The van der Waals surface area contributed by atoms with Gasteiger partial charge in [-0.25, -0.2) is 4.98 Å². The molecule has 7 heteroatoms. The van der Waals surface area contributed by atoms with Crippen LogP contribution in [0, 0.1) is 5.92 Å². The molecule has 0 bridgehead atoms. The van der Waals surface area contributed by atoms with Crippen molar-refractivity contribution in [2.75, 3.05) is 58.3 Å². The van der Waals surface area contributed by atoms with E-state index in [4.69, 9.17) is 0 Å². The predicted molar refractivity (Wildman–Crippen MR) is 120 cm³/mol. The minimum atomic E-state index is 0. The summed E-state index contributed by atoms with van der Waals surface area (Å²) in [6.07, 6.45) is 4.57. The van der Waals surface area contributed by atoms with Crippen LogP contribution in [0.15, 0.2) is 23.3 Å². The van der Waals surface area contributed by atoms with Gasteiger partial charge in [-0.3, -0.25) is 4.99 Å². The van der Waals surface area contributed by atoms with Gasteiger partial charge in [0.15, 0.2) is 5.96 Å². The van der Waals surface area contributed by atoms with E-state index >= 15 is 0 Å². The monoisotopic (exact) mass is 472 g/mol. The number of aromatic nitrogens is 1. The largest absolute Gasteiger partial charge is 0.354 e. The predicted octanol–water partition coefficient (Wildman–Crippen LogP) is 2.26. The number of hydrogen-bond donors (Lipinski definition) is 1. The molecule has 1 N–H and O–H groups in total. The number of hydrogen-bond acceptors (Lipinski definition) is 4. The Balaban J connectivity index is 0.00000243. The molecule has 0 amide bonds. The van der Waals surface area contributed by atoms with Crippen LogP contribution in [0.2, 0.25) is 0 Å². The fourth-order valence-electron chi connectivity index (χ4n) is 3.64. The van der Waals surface area contributed by atoms with Crippen molar-refractivity contribution < 1.29 is 0 Å². The highest BCUT2D eigenvalue weighted by molar-refractivity contribution is 14.0. The van der Waals surface area contributed by atoms with E-state index in [1.54, 1.807) is 0 Å². The Bertz CT molecular complexity index is 568. The molecular weight excluding hydrogens is 439 g/mol. The number of likely N-dealkylation sites (tertiary alicyclic amines) is 1. The second-order valence-electron chi connectivity index (χ2n) is 7.41. The Hall–Kier alpha value is -1.09. The molecule has 3 rings (SSSR count). The molecule has 1 aromatic rings. The van der Waals surface area contributed by atoms with Crippen molar-refractivity contribution in [2.45, 2.75) is 26.3 Å². The van der Waals surface area contributed by atoms with E-state index in [9.17, 15) is 0 Å². The molecule has 2 aliphatic rings. The highest BCUT2D eigenvalue weighted by atomic mass is 127. The first-order valence-corrected chi connectivity index (χ1v) is 9.49. The van der Waals surface area contributed by atoms with Crippen molar-refractivity contribution in [1.82, 2.24) is 20.1 Å². The van der Waals surface area contributed by atoms with Gasteiger partial charge in [-0.2, -0.15) is 0 Å². The third-order valence-corrected chi connectivity index (χ3v) is 5.26. The normalized spacial score (nSPS) is 22.1. The molecule has 2 fully saturated rings. The first kappa shape index (κ1) is 21.2. The number of rotatable bonds is 3. The van der Waals surface area contributed by atoms with Crippen molar-refractivity contribution in [3.8, 4) is 0 Å². The second kappa shape index (κ2) is 10.3. The SMILES string of the molecule is CN=C(NCc1ccc(N2CCN(C)CC2)nc1)N1CCCC(C)C1.I. The van der Waals surface area contributed by atoms with E-state index in [0.717, 1.165) is 63.5 Å². The Morgan fingerprint density at radius 1 is 1.23 bits per heavy atom. The number of pyridine rings is 1. The van der Waals surface area contributed by atoms with Crippen molar-refractivity contribution in [2.24, 2.45) is 10.9 Å². The van der Waals surface area contributed by atoms with Crippen LogP contribution in [-0.2, 0) is 6.54 Å². The van der Waals surface area contributed by atoms with E-state index in [1.807, 2.05) is 13.2 Å². The Labute approximate surface area is 175 Å². The average molecular weight is 472 g/mol. The molecule has 146 valence electrons. The van der Waals surface area contributed by atoms with Gasteiger partial charge in [-0.1, -0.05) is 13.0 Å². The summed E-state index contributed by atoms with van der Waals surface area (Å²) in [4.78, 5) is 16.2. The van der Waals surface area contributed by atoms with E-state index in [0.29, 0.717) is 0 Å². The average Bonchev–Trinajstić information content (AvgIpc) is 2.64. The lowest BCUT2D eigenvalue weighted by Gasteiger charge is -2.33. The summed E-state index contributed by atoms with van der Waals surface area (Å²) in [5.74, 6) is 2.85. The van der Waals surface area contributed by atoms with Crippen molar-refractivity contribution >= 4 is 35.8 Å². The summed E-state index contributed by atoms with van der Waals surface area (Å²) in [5.41, 5.74) is 1.20. The van der Waals surface area contributed by atoms with E-state index in [-0.39, 0.29) is 24.0 Å². The third-order valence-electron chi connectivity index (χ3n) is 5.26. The maximum atomic E-state index is 4.67. The van der Waals surface area contributed by atoms with Crippen LogP contribution in [-0.4, -0.2) is 74.1 Å². The molecule has 2 aliphatic heterocycles. The Morgan fingerprint density at radius 2 is 2.00 bits per heavy atom. The zero-order chi connectivity index (χ0) is 17.6.